The van der Waals surface area contributed by atoms with E-state index in [1.165, 1.54) is 23.9 Å². The van der Waals surface area contributed by atoms with E-state index >= 15 is 0 Å². The zero-order chi connectivity index (χ0) is 14.7. The van der Waals surface area contributed by atoms with E-state index in [2.05, 4.69) is 15.4 Å². The zero-order valence-electron chi connectivity index (χ0n) is 10.8. The van der Waals surface area contributed by atoms with E-state index in [-0.39, 0.29) is 11.5 Å². The van der Waals surface area contributed by atoms with Crippen LogP contribution >= 0.6 is 11.8 Å². The number of carbonyl (C=O) groups is 1. The van der Waals surface area contributed by atoms with Crippen molar-refractivity contribution >= 4 is 18.0 Å². The predicted octanol–water partition coefficient (Wildman–Crippen LogP) is 3.57. The van der Waals surface area contributed by atoms with Crippen molar-refractivity contribution in [1.82, 2.24) is 15.4 Å². The van der Waals surface area contributed by atoms with Crippen LogP contribution in [-0.2, 0) is 0 Å². The summed E-state index contributed by atoms with van der Waals surface area (Å²) in [5.74, 6) is -0.262. The number of H-pyrrole nitrogens is 1. The summed E-state index contributed by atoms with van der Waals surface area (Å²) in [6, 6.07) is 14.0. The second-order valence-electron chi connectivity index (χ2n) is 4.27. The number of aromatic amines is 1. The standard InChI is InChI=1S/C15H10FN3OS/c16-12-6-4-10(5-7-12)11-2-1-3-13(8-11)21-15-14(9-20)17-19-18-15/h1-9H,(H,17,18,19). The molecule has 2 aromatic carbocycles. The lowest BCUT2D eigenvalue weighted by Gasteiger charge is -2.04. The highest BCUT2D eigenvalue weighted by molar-refractivity contribution is 7.99. The van der Waals surface area contributed by atoms with Gasteiger partial charge < -0.3 is 0 Å². The normalized spacial score (nSPS) is 10.5. The van der Waals surface area contributed by atoms with Crippen LogP contribution in [0.15, 0.2) is 58.5 Å². The number of nitrogens with zero attached hydrogens (tertiary/aromatic N) is 2. The third kappa shape index (κ3) is 3.00. The van der Waals surface area contributed by atoms with Crippen molar-refractivity contribution in [3.05, 3.63) is 60.0 Å². The van der Waals surface area contributed by atoms with Gasteiger partial charge in [0, 0.05) is 4.90 Å². The predicted molar refractivity (Wildman–Crippen MR) is 77.7 cm³/mol. The maximum atomic E-state index is 13.0. The molecule has 0 aliphatic rings. The summed E-state index contributed by atoms with van der Waals surface area (Å²) in [6.07, 6.45) is 0.662. The average molecular weight is 299 g/mol. The molecule has 0 saturated heterocycles. The molecule has 0 saturated carbocycles. The number of carbonyl (C=O) groups excluding carboxylic acids is 1. The minimum Gasteiger partial charge on any atom is -0.296 e. The second kappa shape index (κ2) is 5.88. The van der Waals surface area contributed by atoms with Crippen molar-refractivity contribution in [2.75, 3.05) is 0 Å². The molecule has 0 aliphatic heterocycles. The van der Waals surface area contributed by atoms with Crippen LogP contribution in [0.5, 0.6) is 0 Å². The van der Waals surface area contributed by atoms with Crippen LogP contribution in [0.3, 0.4) is 0 Å². The number of aldehydes is 1. The Balaban J connectivity index is 1.89. The fourth-order valence-electron chi connectivity index (χ4n) is 1.87. The van der Waals surface area contributed by atoms with Crippen molar-refractivity contribution < 1.29 is 9.18 Å². The molecule has 3 aromatic rings. The fourth-order valence-corrected chi connectivity index (χ4v) is 2.71. The number of hydrogen-bond acceptors (Lipinski definition) is 4. The number of rotatable bonds is 4. The molecule has 0 spiro atoms. The molecule has 1 heterocycles. The number of hydrogen-bond donors (Lipinski definition) is 1. The molecule has 21 heavy (non-hydrogen) atoms. The number of benzene rings is 2. The summed E-state index contributed by atoms with van der Waals surface area (Å²) < 4.78 is 13.0. The van der Waals surface area contributed by atoms with Gasteiger partial charge in [-0.05, 0) is 35.4 Å². The summed E-state index contributed by atoms with van der Waals surface area (Å²) in [6.45, 7) is 0. The molecule has 0 amide bonds. The Bertz CT molecular complexity index is 771. The largest absolute Gasteiger partial charge is 0.296 e. The van der Waals surface area contributed by atoms with Gasteiger partial charge >= 0.3 is 0 Å². The lowest BCUT2D eigenvalue weighted by atomic mass is 10.1. The van der Waals surface area contributed by atoms with Crippen LogP contribution in [0.25, 0.3) is 11.1 Å². The molecule has 0 radical (unpaired) electrons. The van der Waals surface area contributed by atoms with Crippen LogP contribution in [0.2, 0.25) is 0 Å². The quantitative estimate of drug-likeness (QED) is 0.748. The van der Waals surface area contributed by atoms with Crippen LogP contribution in [0, 0.1) is 5.82 Å². The minimum absolute atomic E-state index is 0.262. The van der Waals surface area contributed by atoms with Crippen molar-refractivity contribution in [1.29, 1.82) is 0 Å². The Hall–Kier alpha value is -2.47. The van der Waals surface area contributed by atoms with Crippen LogP contribution in [-0.4, -0.2) is 21.7 Å². The summed E-state index contributed by atoms with van der Waals surface area (Å²) in [7, 11) is 0. The number of halogens is 1. The highest BCUT2D eigenvalue weighted by Crippen LogP contribution is 2.30. The van der Waals surface area contributed by atoms with Gasteiger partial charge in [0.1, 0.15) is 5.82 Å². The van der Waals surface area contributed by atoms with E-state index in [4.69, 9.17) is 0 Å². The molecule has 0 unspecified atom stereocenters. The molecule has 0 fully saturated rings. The molecule has 3 rings (SSSR count). The average Bonchev–Trinajstić information content (AvgIpc) is 2.95. The summed E-state index contributed by atoms with van der Waals surface area (Å²) in [5, 5.41) is 10.7. The molecule has 0 aliphatic carbocycles. The molecule has 6 heteroatoms. The lowest BCUT2D eigenvalue weighted by molar-refractivity contribution is 0.111. The smallest absolute Gasteiger partial charge is 0.173 e. The first-order valence-corrected chi connectivity index (χ1v) is 6.98. The Morgan fingerprint density at radius 1 is 1.05 bits per heavy atom. The van der Waals surface area contributed by atoms with Gasteiger partial charge in [-0.3, -0.25) is 4.79 Å². The maximum Gasteiger partial charge on any atom is 0.173 e. The summed E-state index contributed by atoms with van der Waals surface area (Å²) in [4.78, 5) is 11.8. The maximum absolute atomic E-state index is 13.0. The first kappa shape index (κ1) is 13.5. The number of nitrogens with one attached hydrogen (secondary N) is 1. The first-order valence-electron chi connectivity index (χ1n) is 6.16. The van der Waals surface area contributed by atoms with Crippen LogP contribution in [0.1, 0.15) is 10.5 Å². The zero-order valence-corrected chi connectivity index (χ0v) is 11.6. The van der Waals surface area contributed by atoms with Crippen molar-refractivity contribution in [3.63, 3.8) is 0 Å². The van der Waals surface area contributed by atoms with E-state index in [1.807, 2.05) is 24.3 Å². The van der Waals surface area contributed by atoms with Crippen molar-refractivity contribution in [2.45, 2.75) is 9.92 Å². The van der Waals surface area contributed by atoms with E-state index in [9.17, 15) is 9.18 Å². The van der Waals surface area contributed by atoms with Gasteiger partial charge in [-0.1, -0.05) is 36.0 Å². The SMILES string of the molecule is O=Cc1n[nH]nc1Sc1cccc(-c2ccc(F)cc2)c1. The fraction of sp³-hybridized carbons (Fsp3) is 0. The van der Waals surface area contributed by atoms with Gasteiger partial charge in [0.2, 0.25) is 0 Å². The van der Waals surface area contributed by atoms with E-state index < -0.39 is 0 Å². The van der Waals surface area contributed by atoms with Gasteiger partial charge in [0.15, 0.2) is 17.0 Å². The van der Waals surface area contributed by atoms with E-state index in [1.54, 1.807) is 12.1 Å². The Morgan fingerprint density at radius 3 is 2.62 bits per heavy atom. The van der Waals surface area contributed by atoms with Crippen molar-refractivity contribution in [3.8, 4) is 11.1 Å². The molecule has 0 bridgehead atoms. The topological polar surface area (TPSA) is 58.6 Å². The van der Waals surface area contributed by atoms with Gasteiger partial charge in [-0.25, -0.2) is 4.39 Å². The molecule has 104 valence electrons. The van der Waals surface area contributed by atoms with Gasteiger partial charge in [0.25, 0.3) is 0 Å². The van der Waals surface area contributed by atoms with Gasteiger partial charge in [-0.2, -0.15) is 10.3 Å². The molecular formula is C15H10FN3OS. The molecule has 4 nitrogen and oxygen atoms in total. The van der Waals surface area contributed by atoms with Gasteiger partial charge in [0.05, 0.1) is 0 Å². The Kier molecular flexibility index (Phi) is 3.79. The lowest BCUT2D eigenvalue weighted by Crippen LogP contribution is -1.84. The van der Waals surface area contributed by atoms with Crippen LogP contribution in [0.4, 0.5) is 4.39 Å². The molecule has 1 aromatic heterocycles. The van der Waals surface area contributed by atoms with Gasteiger partial charge in [-0.15, -0.1) is 5.10 Å². The summed E-state index contributed by atoms with van der Waals surface area (Å²) in [5.41, 5.74) is 2.18. The third-order valence-corrected chi connectivity index (χ3v) is 3.86. The number of aromatic nitrogens is 3. The highest BCUT2D eigenvalue weighted by atomic mass is 32.2. The Labute approximate surface area is 124 Å². The monoisotopic (exact) mass is 299 g/mol. The first-order chi connectivity index (χ1) is 10.3. The molecule has 0 atom stereocenters. The molecule has 1 N–H and O–H groups in total. The van der Waals surface area contributed by atoms with Crippen molar-refractivity contribution in [2.24, 2.45) is 0 Å². The van der Waals surface area contributed by atoms with E-state index in [0.29, 0.717) is 11.3 Å². The van der Waals surface area contributed by atoms with Crippen LogP contribution < -0.4 is 0 Å². The third-order valence-electron chi connectivity index (χ3n) is 2.88. The minimum atomic E-state index is -0.262. The Morgan fingerprint density at radius 2 is 1.86 bits per heavy atom. The summed E-state index contributed by atoms with van der Waals surface area (Å²) >= 11 is 1.35. The molecular weight excluding hydrogens is 289 g/mol. The second-order valence-corrected chi connectivity index (χ2v) is 5.33. The highest BCUT2D eigenvalue weighted by Gasteiger charge is 2.09. The van der Waals surface area contributed by atoms with E-state index in [0.717, 1.165) is 16.0 Å².